The number of nitrogens with one attached hydrogen (secondary N) is 1. The largest absolute Gasteiger partial charge is 0.369 e. The first-order chi connectivity index (χ1) is 12.0. The average molecular weight is 359 g/mol. The van der Waals surface area contributed by atoms with Gasteiger partial charge in [-0.25, -0.2) is 8.42 Å². The lowest BCUT2D eigenvalue weighted by Gasteiger charge is -2.37. The lowest BCUT2D eigenvalue weighted by molar-refractivity contribution is 0.450. The molecule has 0 saturated carbocycles. The molecule has 1 atom stereocenters. The summed E-state index contributed by atoms with van der Waals surface area (Å²) >= 11 is 0. The van der Waals surface area contributed by atoms with Gasteiger partial charge in [0.1, 0.15) is 0 Å². The van der Waals surface area contributed by atoms with E-state index in [-0.39, 0.29) is 0 Å². The molecule has 134 valence electrons. The van der Waals surface area contributed by atoms with Crippen molar-refractivity contribution in [2.24, 2.45) is 0 Å². The summed E-state index contributed by atoms with van der Waals surface area (Å²) in [5.41, 5.74) is 2.51. The maximum absolute atomic E-state index is 12.6. The van der Waals surface area contributed by atoms with Gasteiger partial charge in [0.05, 0.1) is 4.90 Å². The van der Waals surface area contributed by atoms with Crippen molar-refractivity contribution < 1.29 is 8.42 Å². The van der Waals surface area contributed by atoms with Crippen molar-refractivity contribution in [1.82, 2.24) is 0 Å². The highest BCUT2D eigenvalue weighted by Crippen LogP contribution is 2.28. The third-order valence-corrected chi connectivity index (χ3v) is 6.47. The summed E-state index contributed by atoms with van der Waals surface area (Å²) in [5, 5.41) is 0. The van der Waals surface area contributed by atoms with Crippen LogP contribution in [0.5, 0.6) is 0 Å². The number of nitrogens with zero attached hydrogens (tertiary/aromatic N) is 1. The summed E-state index contributed by atoms with van der Waals surface area (Å²) < 4.78 is 27.9. The number of rotatable bonds is 5. The SMILES string of the molecule is CCC1CCCCN1c1ccc(NS(=O)(=O)c2ccccc2C)cc1. The number of hydrogen-bond acceptors (Lipinski definition) is 3. The summed E-state index contributed by atoms with van der Waals surface area (Å²) in [6.45, 7) is 5.11. The Hall–Kier alpha value is -2.01. The zero-order valence-corrected chi connectivity index (χ0v) is 15.7. The molecule has 5 heteroatoms. The molecule has 0 radical (unpaired) electrons. The average Bonchev–Trinajstić information content (AvgIpc) is 2.62. The molecule has 0 bridgehead atoms. The quantitative estimate of drug-likeness (QED) is 0.852. The van der Waals surface area contributed by atoms with E-state index in [1.807, 2.05) is 30.3 Å². The molecule has 1 N–H and O–H groups in total. The Morgan fingerprint density at radius 2 is 1.80 bits per heavy atom. The maximum Gasteiger partial charge on any atom is 0.262 e. The van der Waals surface area contributed by atoms with Gasteiger partial charge in [-0.3, -0.25) is 4.72 Å². The van der Waals surface area contributed by atoms with Crippen molar-refractivity contribution in [1.29, 1.82) is 0 Å². The Morgan fingerprint density at radius 1 is 1.08 bits per heavy atom. The third-order valence-electron chi connectivity index (χ3n) is 4.93. The van der Waals surface area contributed by atoms with Crippen molar-refractivity contribution >= 4 is 21.4 Å². The topological polar surface area (TPSA) is 49.4 Å². The molecule has 1 aliphatic rings. The standard InChI is InChI=1S/C20H26N2O2S/c1-3-18-9-6-7-15-22(18)19-13-11-17(12-14-19)21-25(23,24)20-10-5-4-8-16(20)2/h4-5,8,10-14,18,21H,3,6-7,9,15H2,1-2H3. The van der Waals surface area contributed by atoms with Crippen LogP contribution in [0.1, 0.15) is 38.2 Å². The number of hydrogen-bond donors (Lipinski definition) is 1. The molecule has 1 aliphatic heterocycles. The summed E-state index contributed by atoms with van der Waals surface area (Å²) in [6, 6.07) is 15.3. The minimum Gasteiger partial charge on any atom is -0.369 e. The smallest absolute Gasteiger partial charge is 0.262 e. The number of sulfonamides is 1. The van der Waals surface area contributed by atoms with Crippen LogP contribution in [0.2, 0.25) is 0 Å². The molecule has 0 aromatic heterocycles. The molecular weight excluding hydrogens is 332 g/mol. The molecule has 1 heterocycles. The summed E-state index contributed by atoms with van der Waals surface area (Å²) in [6.07, 6.45) is 4.89. The Labute approximate surface area is 150 Å². The van der Waals surface area contributed by atoms with Crippen LogP contribution in [-0.2, 0) is 10.0 Å². The maximum atomic E-state index is 12.6. The molecule has 0 aliphatic carbocycles. The zero-order valence-electron chi connectivity index (χ0n) is 14.9. The van der Waals surface area contributed by atoms with E-state index in [0.717, 1.165) is 18.5 Å². The minimum absolute atomic E-state index is 0.321. The zero-order chi connectivity index (χ0) is 17.9. The predicted molar refractivity (Wildman–Crippen MR) is 104 cm³/mol. The van der Waals surface area contributed by atoms with Gasteiger partial charge in [0.25, 0.3) is 10.0 Å². The molecule has 2 aromatic rings. The van der Waals surface area contributed by atoms with E-state index in [1.54, 1.807) is 25.1 Å². The van der Waals surface area contributed by atoms with Crippen LogP contribution >= 0.6 is 0 Å². The van der Waals surface area contributed by atoms with Gasteiger partial charge in [0, 0.05) is 24.0 Å². The van der Waals surface area contributed by atoms with Gasteiger partial charge in [0.2, 0.25) is 0 Å². The first-order valence-corrected chi connectivity index (χ1v) is 10.4. The molecule has 1 unspecified atom stereocenters. The van der Waals surface area contributed by atoms with Crippen molar-refractivity contribution in [3.63, 3.8) is 0 Å². The second-order valence-corrected chi connectivity index (χ2v) is 8.32. The fourth-order valence-corrected chi connectivity index (χ4v) is 4.86. The Balaban J connectivity index is 1.78. The van der Waals surface area contributed by atoms with Gasteiger partial charge in [-0.15, -0.1) is 0 Å². The molecule has 25 heavy (non-hydrogen) atoms. The lowest BCUT2D eigenvalue weighted by Crippen LogP contribution is -2.39. The van der Waals surface area contributed by atoms with Crippen LogP contribution in [0.25, 0.3) is 0 Å². The van der Waals surface area contributed by atoms with Crippen LogP contribution in [0, 0.1) is 6.92 Å². The fraction of sp³-hybridized carbons (Fsp3) is 0.400. The van der Waals surface area contributed by atoms with E-state index >= 15 is 0 Å². The van der Waals surface area contributed by atoms with Gasteiger partial charge in [-0.2, -0.15) is 0 Å². The van der Waals surface area contributed by atoms with Crippen LogP contribution < -0.4 is 9.62 Å². The Morgan fingerprint density at radius 3 is 2.48 bits per heavy atom. The minimum atomic E-state index is -3.56. The van der Waals surface area contributed by atoms with Crippen LogP contribution in [0.3, 0.4) is 0 Å². The van der Waals surface area contributed by atoms with E-state index in [4.69, 9.17) is 0 Å². The van der Waals surface area contributed by atoms with Gasteiger partial charge >= 0.3 is 0 Å². The van der Waals surface area contributed by atoms with E-state index in [1.165, 1.54) is 24.9 Å². The van der Waals surface area contributed by atoms with E-state index in [2.05, 4.69) is 16.5 Å². The highest BCUT2D eigenvalue weighted by Gasteiger charge is 2.21. The molecule has 2 aromatic carbocycles. The van der Waals surface area contributed by atoms with Gasteiger partial charge in [-0.05, 0) is 68.5 Å². The molecule has 0 spiro atoms. The Bertz CT molecular complexity index is 816. The number of anilines is 2. The number of piperidine rings is 1. The first-order valence-electron chi connectivity index (χ1n) is 8.96. The monoisotopic (exact) mass is 358 g/mol. The molecule has 4 nitrogen and oxygen atoms in total. The molecule has 1 fully saturated rings. The number of aryl methyl sites for hydroxylation is 1. The molecule has 1 saturated heterocycles. The second kappa shape index (κ2) is 7.48. The van der Waals surface area contributed by atoms with Crippen molar-refractivity contribution in [3.8, 4) is 0 Å². The number of benzene rings is 2. The predicted octanol–water partition coefficient (Wildman–Crippen LogP) is 4.56. The van der Waals surface area contributed by atoms with Crippen molar-refractivity contribution in [3.05, 3.63) is 54.1 Å². The summed E-state index contributed by atoms with van der Waals surface area (Å²) in [5.74, 6) is 0. The van der Waals surface area contributed by atoms with Crippen molar-refractivity contribution in [2.45, 2.75) is 50.5 Å². The molecular formula is C20H26N2O2S. The van der Waals surface area contributed by atoms with Crippen LogP contribution in [0.15, 0.2) is 53.4 Å². The molecule has 0 amide bonds. The summed E-state index contributed by atoms with van der Waals surface area (Å²) in [4.78, 5) is 2.77. The lowest BCUT2D eigenvalue weighted by atomic mass is 9.99. The highest BCUT2D eigenvalue weighted by atomic mass is 32.2. The van der Waals surface area contributed by atoms with Gasteiger partial charge in [-0.1, -0.05) is 25.1 Å². The highest BCUT2D eigenvalue weighted by molar-refractivity contribution is 7.92. The van der Waals surface area contributed by atoms with E-state index in [0.29, 0.717) is 16.6 Å². The van der Waals surface area contributed by atoms with Crippen LogP contribution in [0.4, 0.5) is 11.4 Å². The van der Waals surface area contributed by atoms with Crippen LogP contribution in [-0.4, -0.2) is 21.0 Å². The van der Waals surface area contributed by atoms with E-state index < -0.39 is 10.0 Å². The van der Waals surface area contributed by atoms with Gasteiger partial charge < -0.3 is 4.90 Å². The van der Waals surface area contributed by atoms with Gasteiger partial charge in [0.15, 0.2) is 0 Å². The van der Waals surface area contributed by atoms with Crippen molar-refractivity contribution in [2.75, 3.05) is 16.2 Å². The second-order valence-electron chi connectivity index (χ2n) is 6.67. The normalized spacial score (nSPS) is 18.2. The summed E-state index contributed by atoms with van der Waals surface area (Å²) in [7, 11) is -3.56. The first kappa shape index (κ1) is 17.8. The molecule has 3 rings (SSSR count). The van der Waals surface area contributed by atoms with E-state index in [9.17, 15) is 8.42 Å². The fourth-order valence-electron chi connectivity index (χ4n) is 3.55. The third kappa shape index (κ3) is 3.98. The Kier molecular flexibility index (Phi) is 5.33.